The first-order valence-electron chi connectivity index (χ1n) is 7.60. The Hall–Kier alpha value is -1.66. The highest BCUT2D eigenvalue weighted by Gasteiger charge is 2.34. The van der Waals surface area contributed by atoms with Crippen LogP contribution in [0.1, 0.15) is 12.0 Å². The van der Waals surface area contributed by atoms with E-state index in [0.717, 1.165) is 14.5 Å². The van der Waals surface area contributed by atoms with Gasteiger partial charge in [0.25, 0.3) is 0 Å². The van der Waals surface area contributed by atoms with E-state index >= 15 is 0 Å². The van der Waals surface area contributed by atoms with Crippen molar-refractivity contribution in [3.63, 3.8) is 0 Å². The molecule has 0 saturated carbocycles. The van der Waals surface area contributed by atoms with Gasteiger partial charge in [-0.3, -0.25) is 9.59 Å². The fourth-order valence-corrected chi connectivity index (χ4v) is 3.88. The highest BCUT2D eigenvalue weighted by Crippen LogP contribution is 2.28. The maximum Gasteiger partial charge on any atom is 0.229 e. The normalized spacial score (nSPS) is 17.2. The van der Waals surface area contributed by atoms with Crippen LogP contribution >= 0.6 is 31.9 Å². The van der Waals surface area contributed by atoms with E-state index in [1.807, 2.05) is 48.5 Å². The number of likely N-dealkylation sites (tertiary alicyclic amines) is 1. The Morgan fingerprint density at radius 1 is 1.17 bits per heavy atom. The summed E-state index contributed by atoms with van der Waals surface area (Å²) in [6.07, 6.45) is 0.257. The van der Waals surface area contributed by atoms with Crippen LogP contribution in [0.4, 0.5) is 5.69 Å². The molecule has 1 fully saturated rings. The zero-order chi connectivity index (χ0) is 17.1. The number of hydrogen-bond donors (Lipinski definition) is 1. The third-order valence-corrected chi connectivity index (χ3v) is 5.14. The number of amides is 2. The van der Waals surface area contributed by atoms with Crippen molar-refractivity contribution in [2.75, 3.05) is 11.9 Å². The topological polar surface area (TPSA) is 49.4 Å². The summed E-state index contributed by atoms with van der Waals surface area (Å²) in [5.41, 5.74) is 1.78. The summed E-state index contributed by atoms with van der Waals surface area (Å²) < 4.78 is 1.73. The van der Waals surface area contributed by atoms with Gasteiger partial charge in [0.1, 0.15) is 0 Å². The van der Waals surface area contributed by atoms with Crippen molar-refractivity contribution in [3.05, 3.63) is 63.0 Å². The van der Waals surface area contributed by atoms with Crippen LogP contribution in [0.15, 0.2) is 57.5 Å². The zero-order valence-corrected chi connectivity index (χ0v) is 16.0. The highest BCUT2D eigenvalue weighted by molar-refractivity contribution is 9.11. The Morgan fingerprint density at radius 3 is 2.62 bits per heavy atom. The Labute approximate surface area is 157 Å². The van der Waals surface area contributed by atoms with E-state index in [4.69, 9.17) is 0 Å². The molecule has 1 aliphatic rings. The molecule has 1 aliphatic heterocycles. The second-order valence-corrected chi connectivity index (χ2v) is 7.54. The number of anilines is 1. The second-order valence-electron chi connectivity index (χ2n) is 5.77. The van der Waals surface area contributed by atoms with Crippen molar-refractivity contribution < 1.29 is 9.59 Å². The lowest BCUT2D eigenvalue weighted by Crippen LogP contribution is -2.28. The first-order valence-corrected chi connectivity index (χ1v) is 9.19. The smallest absolute Gasteiger partial charge is 0.229 e. The van der Waals surface area contributed by atoms with Gasteiger partial charge in [0.05, 0.1) is 11.6 Å². The SMILES string of the molecule is O=C(Nc1ccc(Br)cc1Br)[C@@H]1CC(=O)N(Cc2ccccc2)C1. The van der Waals surface area contributed by atoms with Gasteiger partial charge in [-0.2, -0.15) is 0 Å². The van der Waals surface area contributed by atoms with Gasteiger partial charge in [-0.25, -0.2) is 0 Å². The molecule has 1 heterocycles. The third-order valence-electron chi connectivity index (χ3n) is 3.99. The van der Waals surface area contributed by atoms with Gasteiger partial charge in [0.2, 0.25) is 11.8 Å². The predicted molar refractivity (Wildman–Crippen MR) is 100 cm³/mol. The first kappa shape index (κ1) is 17.2. The van der Waals surface area contributed by atoms with Crippen LogP contribution in [0.25, 0.3) is 0 Å². The zero-order valence-electron chi connectivity index (χ0n) is 12.8. The number of benzene rings is 2. The van der Waals surface area contributed by atoms with Gasteiger partial charge in [-0.05, 0) is 39.7 Å². The molecule has 0 bridgehead atoms. The Bertz CT molecular complexity index is 765. The van der Waals surface area contributed by atoms with Crippen molar-refractivity contribution in [1.82, 2.24) is 4.90 Å². The molecule has 1 atom stereocenters. The Morgan fingerprint density at radius 2 is 1.92 bits per heavy atom. The van der Waals surface area contributed by atoms with Crippen molar-refractivity contribution in [1.29, 1.82) is 0 Å². The van der Waals surface area contributed by atoms with E-state index in [1.165, 1.54) is 0 Å². The molecule has 1 N–H and O–H groups in total. The predicted octanol–water partition coefficient (Wildman–Crippen LogP) is 4.20. The maximum absolute atomic E-state index is 12.5. The number of carbonyl (C=O) groups is 2. The van der Waals surface area contributed by atoms with Crippen LogP contribution in [-0.4, -0.2) is 23.3 Å². The van der Waals surface area contributed by atoms with Gasteiger partial charge in [-0.15, -0.1) is 0 Å². The molecular formula is C18H16Br2N2O2. The van der Waals surface area contributed by atoms with Gasteiger partial charge in [0.15, 0.2) is 0 Å². The van der Waals surface area contributed by atoms with E-state index in [-0.39, 0.29) is 24.2 Å². The quantitative estimate of drug-likeness (QED) is 0.757. The van der Waals surface area contributed by atoms with Crippen molar-refractivity contribution >= 4 is 49.4 Å². The summed E-state index contributed by atoms with van der Waals surface area (Å²) in [6.45, 7) is 0.999. The van der Waals surface area contributed by atoms with Gasteiger partial charge in [0, 0.05) is 28.5 Å². The van der Waals surface area contributed by atoms with Gasteiger partial charge < -0.3 is 10.2 Å². The van der Waals surface area contributed by atoms with Crippen molar-refractivity contribution in [2.45, 2.75) is 13.0 Å². The minimum atomic E-state index is -0.322. The standard InChI is InChI=1S/C18H16Br2N2O2/c19-14-6-7-16(15(20)9-14)21-18(24)13-8-17(23)22(11-13)10-12-4-2-1-3-5-12/h1-7,9,13H,8,10-11H2,(H,21,24)/t13-/m1/s1. The van der Waals surface area contributed by atoms with E-state index in [2.05, 4.69) is 37.2 Å². The minimum absolute atomic E-state index is 0.0221. The number of rotatable bonds is 4. The summed E-state index contributed by atoms with van der Waals surface area (Å²) in [5.74, 6) is -0.424. The molecule has 0 radical (unpaired) electrons. The third kappa shape index (κ3) is 4.05. The summed E-state index contributed by atoms with van der Waals surface area (Å²) in [5, 5.41) is 2.90. The molecule has 24 heavy (non-hydrogen) atoms. The van der Waals surface area contributed by atoms with E-state index in [1.54, 1.807) is 4.90 Å². The fraction of sp³-hybridized carbons (Fsp3) is 0.222. The molecule has 2 amide bonds. The molecule has 0 spiro atoms. The number of hydrogen-bond acceptors (Lipinski definition) is 2. The van der Waals surface area contributed by atoms with Crippen LogP contribution in [0.2, 0.25) is 0 Å². The van der Waals surface area contributed by atoms with Crippen LogP contribution in [0.3, 0.4) is 0 Å². The summed E-state index contributed by atoms with van der Waals surface area (Å²) in [6, 6.07) is 15.4. The number of nitrogens with one attached hydrogen (secondary N) is 1. The monoisotopic (exact) mass is 450 g/mol. The molecule has 3 rings (SSSR count). The van der Waals surface area contributed by atoms with Crippen LogP contribution < -0.4 is 5.32 Å². The first-order chi connectivity index (χ1) is 11.5. The van der Waals surface area contributed by atoms with Crippen LogP contribution in [0, 0.1) is 5.92 Å². The molecule has 1 saturated heterocycles. The van der Waals surface area contributed by atoms with E-state index in [9.17, 15) is 9.59 Å². The van der Waals surface area contributed by atoms with Gasteiger partial charge in [-0.1, -0.05) is 46.3 Å². The van der Waals surface area contributed by atoms with Gasteiger partial charge >= 0.3 is 0 Å². The molecule has 2 aromatic rings. The Kier molecular flexibility index (Phi) is 5.36. The lowest BCUT2D eigenvalue weighted by Gasteiger charge is -2.17. The summed E-state index contributed by atoms with van der Waals surface area (Å²) in [4.78, 5) is 26.4. The van der Waals surface area contributed by atoms with Crippen molar-refractivity contribution in [2.24, 2.45) is 5.92 Å². The molecule has 2 aromatic carbocycles. The average Bonchev–Trinajstić information content (AvgIpc) is 2.92. The summed E-state index contributed by atoms with van der Waals surface area (Å²) >= 11 is 6.81. The second kappa shape index (κ2) is 7.49. The van der Waals surface area contributed by atoms with Crippen molar-refractivity contribution in [3.8, 4) is 0 Å². The molecular weight excluding hydrogens is 436 g/mol. The molecule has 0 aliphatic carbocycles. The number of nitrogens with zero attached hydrogens (tertiary/aromatic N) is 1. The lowest BCUT2D eigenvalue weighted by atomic mass is 10.1. The highest BCUT2D eigenvalue weighted by atomic mass is 79.9. The maximum atomic E-state index is 12.5. The molecule has 0 aromatic heterocycles. The number of halogens is 2. The van der Waals surface area contributed by atoms with E-state index in [0.29, 0.717) is 18.8 Å². The van der Waals surface area contributed by atoms with E-state index < -0.39 is 0 Å². The molecule has 124 valence electrons. The van der Waals surface area contributed by atoms with Crippen LogP contribution in [-0.2, 0) is 16.1 Å². The average molecular weight is 452 g/mol. The minimum Gasteiger partial charge on any atom is -0.338 e. The fourth-order valence-electron chi connectivity index (χ4n) is 2.73. The molecule has 6 heteroatoms. The lowest BCUT2D eigenvalue weighted by molar-refractivity contribution is -0.128. The number of carbonyl (C=O) groups excluding carboxylic acids is 2. The largest absolute Gasteiger partial charge is 0.338 e. The molecule has 0 unspecified atom stereocenters. The van der Waals surface area contributed by atoms with Crippen LogP contribution in [0.5, 0.6) is 0 Å². The summed E-state index contributed by atoms with van der Waals surface area (Å²) in [7, 11) is 0. The Balaban J connectivity index is 1.63. The molecule has 4 nitrogen and oxygen atoms in total.